The smallest absolute Gasteiger partial charge is 0.222 e. The summed E-state index contributed by atoms with van der Waals surface area (Å²) in [5.74, 6) is 0.373. The summed E-state index contributed by atoms with van der Waals surface area (Å²) in [6.07, 6.45) is 4.05. The summed E-state index contributed by atoms with van der Waals surface area (Å²) in [6, 6.07) is 13.6. The molecular weight excluding hydrogens is 296 g/mol. The Hall–Kier alpha value is -1.87. The Balaban J connectivity index is 1.46. The van der Waals surface area contributed by atoms with Crippen LogP contribution in [0, 0.1) is 6.92 Å². The van der Waals surface area contributed by atoms with Gasteiger partial charge < -0.3 is 4.90 Å². The van der Waals surface area contributed by atoms with Gasteiger partial charge in [0, 0.05) is 38.6 Å². The molecule has 2 saturated heterocycles. The van der Waals surface area contributed by atoms with Crippen molar-refractivity contribution >= 4 is 16.7 Å². The van der Waals surface area contributed by atoms with E-state index < -0.39 is 0 Å². The number of fused-ring (bicyclic) bond motifs is 1. The molecule has 2 aromatic rings. The van der Waals surface area contributed by atoms with Crippen molar-refractivity contribution in [2.24, 2.45) is 0 Å². The second-order valence-electron chi connectivity index (χ2n) is 7.28. The van der Waals surface area contributed by atoms with E-state index in [4.69, 9.17) is 0 Å². The van der Waals surface area contributed by atoms with E-state index in [0.29, 0.717) is 11.9 Å². The van der Waals surface area contributed by atoms with E-state index in [0.717, 1.165) is 51.9 Å². The highest BCUT2D eigenvalue weighted by molar-refractivity contribution is 5.86. The predicted octanol–water partition coefficient (Wildman–Crippen LogP) is 3.74. The van der Waals surface area contributed by atoms with Gasteiger partial charge in [0.2, 0.25) is 5.91 Å². The lowest BCUT2D eigenvalue weighted by Crippen LogP contribution is -2.45. The van der Waals surface area contributed by atoms with Crippen molar-refractivity contribution in [1.82, 2.24) is 9.80 Å². The van der Waals surface area contributed by atoms with Gasteiger partial charge >= 0.3 is 0 Å². The molecule has 0 unspecified atom stereocenters. The van der Waals surface area contributed by atoms with Crippen LogP contribution in [-0.2, 0) is 11.3 Å². The Bertz CT molecular complexity index is 747. The highest BCUT2D eigenvalue weighted by atomic mass is 16.2. The number of carbonyl (C=O) groups excluding carboxylic acids is 1. The number of likely N-dealkylation sites (tertiary alicyclic amines) is 2. The fraction of sp³-hybridized carbons (Fsp3) is 0.476. The number of nitrogens with zero attached hydrogens (tertiary/aromatic N) is 2. The molecule has 4 rings (SSSR count). The van der Waals surface area contributed by atoms with Gasteiger partial charge in [-0.1, -0.05) is 36.4 Å². The van der Waals surface area contributed by atoms with E-state index in [2.05, 4.69) is 53.1 Å². The summed E-state index contributed by atoms with van der Waals surface area (Å²) in [6.45, 7) is 6.41. The van der Waals surface area contributed by atoms with Crippen LogP contribution >= 0.6 is 0 Å². The molecule has 3 nitrogen and oxygen atoms in total. The van der Waals surface area contributed by atoms with Crippen molar-refractivity contribution in [3.8, 4) is 0 Å². The molecule has 2 aromatic carbocycles. The lowest BCUT2D eigenvalue weighted by molar-refractivity contribution is -0.130. The third-order valence-corrected chi connectivity index (χ3v) is 5.76. The first-order valence-corrected chi connectivity index (χ1v) is 9.21. The summed E-state index contributed by atoms with van der Waals surface area (Å²) in [4.78, 5) is 16.7. The van der Waals surface area contributed by atoms with Gasteiger partial charge in [0.25, 0.3) is 0 Å². The maximum absolute atomic E-state index is 11.9. The molecule has 126 valence electrons. The molecule has 24 heavy (non-hydrogen) atoms. The second kappa shape index (κ2) is 6.56. The minimum atomic E-state index is 0.373. The van der Waals surface area contributed by atoms with Gasteiger partial charge in [-0.3, -0.25) is 9.69 Å². The van der Waals surface area contributed by atoms with Gasteiger partial charge in [0.05, 0.1) is 0 Å². The zero-order valence-electron chi connectivity index (χ0n) is 14.5. The Morgan fingerprint density at radius 1 is 1.04 bits per heavy atom. The van der Waals surface area contributed by atoms with Crippen LogP contribution in [0.4, 0.5) is 0 Å². The Kier molecular flexibility index (Phi) is 4.28. The molecule has 0 aromatic heterocycles. The maximum Gasteiger partial charge on any atom is 0.222 e. The molecule has 0 saturated carbocycles. The summed E-state index contributed by atoms with van der Waals surface area (Å²) < 4.78 is 0. The maximum atomic E-state index is 11.9. The largest absolute Gasteiger partial charge is 0.340 e. The van der Waals surface area contributed by atoms with Crippen LogP contribution < -0.4 is 0 Å². The van der Waals surface area contributed by atoms with E-state index in [1.165, 1.54) is 21.9 Å². The number of piperidine rings is 1. The number of amides is 1. The number of hydrogen-bond donors (Lipinski definition) is 0. The molecular formula is C21H26N2O. The number of benzene rings is 2. The second-order valence-corrected chi connectivity index (χ2v) is 7.28. The van der Waals surface area contributed by atoms with Gasteiger partial charge in [0.15, 0.2) is 0 Å². The zero-order chi connectivity index (χ0) is 16.5. The number of rotatable bonds is 3. The van der Waals surface area contributed by atoms with E-state index in [1.54, 1.807) is 0 Å². The standard InChI is InChI=1S/C21H26N2O/c1-16-8-9-17-5-2-3-6-19(17)20(16)15-22-13-10-18(11-14-22)23-12-4-7-21(23)24/h2-3,5-6,8-9,18H,4,7,10-15H2,1H3. The monoisotopic (exact) mass is 322 g/mol. The SMILES string of the molecule is Cc1ccc2ccccc2c1CN1CCC(N2CCCC2=O)CC1. The lowest BCUT2D eigenvalue weighted by atomic mass is 9.97. The first-order chi connectivity index (χ1) is 11.7. The van der Waals surface area contributed by atoms with Crippen molar-refractivity contribution in [2.75, 3.05) is 19.6 Å². The molecule has 3 heteroatoms. The van der Waals surface area contributed by atoms with Crippen molar-refractivity contribution in [3.63, 3.8) is 0 Å². The molecule has 0 N–H and O–H groups in total. The third-order valence-electron chi connectivity index (χ3n) is 5.76. The highest BCUT2D eigenvalue weighted by Gasteiger charge is 2.30. The Morgan fingerprint density at radius 3 is 2.58 bits per heavy atom. The first-order valence-electron chi connectivity index (χ1n) is 9.21. The van der Waals surface area contributed by atoms with Crippen LogP contribution in [0.5, 0.6) is 0 Å². The number of aryl methyl sites for hydroxylation is 1. The van der Waals surface area contributed by atoms with Gasteiger partial charge in [0.1, 0.15) is 0 Å². The average molecular weight is 322 g/mol. The molecule has 2 fully saturated rings. The summed E-state index contributed by atoms with van der Waals surface area (Å²) >= 11 is 0. The fourth-order valence-electron chi connectivity index (χ4n) is 4.32. The molecule has 0 radical (unpaired) electrons. The molecule has 2 heterocycles. The number of hydrogen-bond acceptors (Lipinski definition) is 2. The van der Waals surface area contributed by atoms with Crippen molar-refractivity contribution < 1.29 is 4.79 Å². The van der Waals surface area contributed by atoms with Crippen molar-refractivity contribution in [2.45, 2.75) is 45.2 Å². The lowest BCUT2D eigenvalue weighted by Gasteiger charge is -2.37. The van der Waals surface area contributed by atoms with E-state index in [9.17, 15) is 4.79 Å². The third kappa shape index (κ3) is 2.93. The Morgan fingerprint density at radius 2 is 1.83 bits per heavy atom. The predicted molar refractivity (Wildman–Crippen MR) is 97.9 cm³/mol. The topological polar surface area (TPSA) is 23.6 Å². The van der Waals surface area contributed by atoms with Crippen LogP contribution in [0.3, 0.4) is 0 Å². The average Bonchev–Trinajstić information content (AvgIpc) is 3.04. The van der Waals surface area contributed by atoms with Gasteiger partial charge in [-0.2, -0.15) is 0 Å². The molecule has 2 aliphatic heterocycles. The highest BCUT2D eigenvalue weighted by Crippen LogP contribution is 2.27. The quantitative estimate of drug-likeness (QED) is 0.859. The molecule has 2 aliphatic rings. The fourth-order valence-corrected chi connectivity index (χ4v) is 4.32. The normalized spacial score (nSPS) is 20.2. The molecule has 0 atom stereocenters. The van der Waals surface area contributed by atoms with E-state index >= 15 is 0 Å². The van der Waals surface area contributed by atoms with Crippen LogP contribution in [0.2, 0.25) is 0 Å². The van der Waals surface area contributed by atoms with Crippen LogP contribution in [0.15, 0.2) is 36.4 Å². The van der Waals surface area contributed by atoms with Crippen molar-refractivity contribution in [3.05, 3.63) is 47.5 Å². The summed E-state index contributed by atoms with van der Waals surface area (Å²) in [7, 11) is 0. The van der Waals surface area contributed by atoms with Gasteiger partial charge in [-0.25, -0.2) is 0 Å². The van der Waals surface area contributed by atoms with Crippen LogP contribution in [0.1, 0.15) is 36.8 Å². The van der Waals surface area contributed by atoms with E-state index in [-0.39, 0.29) is 0 Å². The molecule has 1 amide bonds. The van der Waals surface area contributed by atoms with Gasteiger partial charge in [-0.15, -0.1) is 0 Å². The van der Waals surface area contributed by atoms with Crippen LogP contribution in [0.25, 0.3) is 10.8 Å². The molecule has 0 spiro atoms. The van der Waals surface area contributed by atoms with E-state index in [1.807, 2.05) is 0 Å². The van der Waals surface area contributed by atoms with Crippen molar-refractivity contribution in [1.29, 1.82) is 0 Å². The Labute approximate surface area is 144 Å². The minimum absolute atomic E-state index is 0.373. The minimum Gasteiger partial charge on any atom is -0.340 e. The molecule has 0 bridgehead atoms. The zero-order valence-corrected chi connectivity index (χ0v) is 14.5. The summed E-state index contributed by atoms with van der Waals surface area (Å²) in [5.41, 5.74) is 2.84. The van der Waals surface area contributed by atoms with Gasteiger partial charge in [-0.05, 0) is 48.1 Å². The number of carbonyl (C=O) groups is 1. The molecule has 0 aliphatic carbocycles. The van der Waals surface area contributed by atoms with Crippen LogP contribution in [-0.4, -0.2) is 41.4 Å². The summed E-state index contributed by atoms with van der Waals surface area (Å²) in [5, 5.41) is 2.71. The first kappa shape index (κ1) is 15.6.